The van der Waals surface area contributed by atoms with Crippen LogP contribution in [0.25, 0.3) is 6.08 Å². The summed E-state index contributed by atoms with van der Waals surface area (Å²) in [6.07, 6.45) is 1.12. The highest BCUT2D eigenvalue weighted by Crippen LogP contribution is 2.17. The van der Waals surface area contributed by atoms with Crippen molar-refractivity contribution in [2.24, 2.45) is 0 Å². The molecule has 1 aromatic rings. The molecule has 5 N–H and O–H groups in total. The molecule has 1 heterocycles. The number of rotatable bonds is 7. The summed E-state index contributed by atoms with van der Waals surface area (Å²) < 4.78 is 0. The van der Waals surface area contributed by atoms with Gasteiger partial charge in [-0.05, 0) is 12.5 Å². The number of hydrogen-bond donors (Lipinski definition) is 5. The number of aliphatic hydroxyl groups is 5. The van der Waals surface area contributed by atoms with E-state index in [4.69, 9.17) is 10.2 Å². The van der Waals surface area contributed by atoms with Gasteiger partial charge in [0.2, 0.25) is 0 Å². The molecule has 0 bridgehead atoms. The van der Waals surface area contributed by atoms with E-state index in [1.807, 2.05) is 0 Å². The fourth-order valence-electron chi connectivity index (χ4n) is 1.48. The summed E-state index contributed by atoms with van der Waals surface area (Å²) in [6.45, 7) is 1.30. The summed E-state index contributed by atoms with van der Waals surface area (Å²) in [5.41, 5.74) is 0.573. The van der Waals surface area contributed by atoms with Crippen molar-refractivity contribution in [3.63, 3.8) is 0 Å². The van der Waals surface area contributed by atoms with Gasteiger partial charge in [0.25, 0.3) is 0 Å². The lowest BCUT2D eigenvalue weighted by atomic mass is 10.0. The molecular formula is C13H20N2O5. The summed E-state index contributed by atoms with van der Waals surface area (Å²) in [7, 11) is 0. The van der Waals surface area contributed by atoms with Crippen LogP contribution in [0.5, 0.6) is 0 Å². The number of nitrogens with zero attached hydrogens (tertiary/aromatic N) is 2. The molecule has 0 saturated carbocycles. The van der Waals surface area contributed by atoms with E-state index in [0.717, 1.165) is 0 Å². The second-order valence-electron chi connectivity index (χ2n) is 4.39. The Bertz CT molecular complexity index is 423. The Morgan fingerprint density at radius 2 is 1.85 bits per heavy atom. The molecule has 0 aromatic carbocycles. The quantitative estimate of drug-likeness (QED) is 0.435. The largest absolute Gasteiger partial charge is 0.393 e. The third-order valence-corrected chi connectivity index (χ3v) is 2.81. The molecule has 0 spiro atoms. The van der Waals surface area contributed by atoms with Gasteiger partial charge >= 0.3 is 0 Å². The highest BCUT2D eigenvalue weighted by molar-refractivity contribution is 5.43. The van der Waals surface area contributed by atoms with E-state index >= 15 is 0 Å². The lowest BCUT2D eigenvalue weighted by Gasteiger charge is -2.21. The zero-order valence-corrected chi connectivity index (χ0v) is 11.2. The van der Waals surface area contributed by atoms with Crippen LogP contribution in [0, 0.1) is 0 Å². The van der Waals surface area contributed by atoms with Crippen LogP contribution in [-0.4, -0.2) is 60.4 Å². The van der Waals surface area contributed by atoms with E-state index < -0.39 is 24.4 Å². The number of aromatic nitrogens is 2. The van der Waals surface area contributed by atoms with Gasteiger partial charge in [-0.25, -0.2) is 0 Å². The monoisotopic (exact) mass is 284 g/mol. The fourth-order valence-corrected chi connectivity index (χ4v) is 1.48. The van der Waals surface area contributed by atoms with Crippen LogP contribution in [-0.2, 0) is 0 Å². The molecule has 4 atom stereocenters. The highest BCUT2D eigenvalue weighted by atomic mass is 16.4. The highest BCUT2D eigenvalue weighted by Gasteiger charge is 2.25. The molecule has 0 amide bonds. The predicted octanol–water partition coefficient (Wildman–Crippen LogP) is -0.992. The minimum absolute atomic E-state index is 0.143. The van der Waals surface area contributed by atoms with Crippen molar-refractivity contribution in [2.45, 2.75) is 37.8 Å². The summed E-state index contributed by atoms with van der Waals surface area (Å²) >= 11 is 0. The standard InChI is InChI=1S/C13H20N2O5/c1-2-11(18)13(20)12(19)10-6-14-8(5-15-10)3-4-9(17)7-16/h3-6,9,11-13,16-20H,2,7H2,1H3/t9?,11-,12-,13-/m1/s1. The Labute approximate surface area is 116 Å². The van der Waals surface area contributed by atoms with Crippen molar-refractivity contribution in [1.82, 2.24) is 9.97 Å². The van der Waals surface area contributed by atoms with E-state index in [0.29, 0.717) is 12.1 Å². The van der Waals surface area contributed by atoms with Crippen LogP contribution in [0.1, 0.15) is 30.8 Å². The first-order valence-corrected chi connectivity index (χ1v) is 6.32. The Hall–Kier alpha value is -1.38. The Kier molecular flexibility index (Phi) is 6.69. The van der Waals surface area contributed by atoms with Crippen LogP contribution in [0.4, 0.5) is 0 Å². The van der Waals surface area contributed by atoms with Crippen molar-refractivity contribution in [1.29, 1.82) is 0 Å². The second kappa shape index (κ2) is 8.03. The molecule has 1 rings (SSSR count). The molecule has 0 radical (unpaired) electrons. The molecule has 112 valence electrons. The Morgan fingerprint density at radius 3 is 2.35 bits per heavy atom. The SMILES string of the molecule is CC[C@@H](O)[C@@H](O)[C@H](O)c1cnc(C=CC(O)CO)cn1. The molecule has 0 fully saturated rings. The van der Waals surface area contributed by atoms with Crippen LogP contribution < -0.4 is 0 Å². The predicted molar refractivity (Wildman–Crippen MR) is 71.4 cm³/mol. The van der Waals surface area contributed by atoms with Gasteiger partial charge in [0, 0.05) is 0 Å². The molecule has 0 aliphatic carbocycles. The van der Waals surface area contributed by atoms with Gasteiger partial charge < -0.3 is 25.5 Å². The zero-order chi connectivity index (χ0) is 15.1. The minimum atomic E-state index is -1.33. The summed E-state index contributed by atoms with van der Waals surface area (Å²) in [4.78, 5) is 7.92. The van der Waals surface area contributed by atoms with Gasteiger partial charge in [0.05, 0.1) is 42.6 Å². The first-order chi connectivity index (χ1) is 9.49. The maximum atomic E-state index is 9.83. The van der Waals surface area contributed by atoms with Gasteiger partial charge in [-0.1, -0.05) is 13.0 Å². The Balaban J connectivity index is 2.73. The average Bonchev–Trinajstić information content (AvgIpc) is 2.50. The summed E-state index contributed by atoms with van der Waals surface area (Å²) in [5, 5.41) is 46.8. The fraction of sp³-hybridized carbons (Fsp3) is 0.538. The topological polar surface area (TPSA) is 127 Å². The van der Waals surface area contributed by atoms with Gasteiger partial charge in [-0.15, -0.1) is 0 Å². The lowest BCUT2D eigenvalue weighted by Crippen LogP contribution is -2.32. The molecule has 0 aliphatic rings. The van der Waals surface area contributed by atoms with Crippen LogP contribution in [0.2, 0.25) is 0 Å². The normalized spacial score (nSPS) is 17.9. The van der Waals surface area contributed by atoms with E-state index in [2.05, 4.69) is 9.97 Å². The molecule has 7 heteroatoms. The summed E-state index contributed by atoms with van der Waals surface area (Å²) in [6, 6.07) is 0. The van der Waals surface area contributed by atoms with Gasteiger partial charge in [0.15, 0.2) is 0 Å². The van der Waals surface area contributed by atoms with E-state index in [-0.39, 0.29) is 12.3 Å². The Morgan fingerprint density at radius 1 is 1.15 bits per heavy atom. The first-order valence-electron chi connectivity index (χ1n) is 6.32. The zero-order valence-electron chi connectivity index (χ0n) is 11.2. The second-order valence-corrected chi connectivity index (χ2v) is 4.39. The first kappa shape index (κ1) is 16.7. The van der Waals surface area contributed by atoms with Crippen molar-refractivity contribution in [2.75, 3.05) is 6.61 Å². The lowest BCUT2D eigenvalue weighted by molar-refractivity contribution is -0.0630. The molecule has 0 aliphatic heterocycles. The van der Waals surface area contributed by atoms with Gasteiger partial charge in [0.1, 0.15) is 12.2 Å². The van der Waals surface area contributed by atoms with E-state index in [1.54, 1.807) is 6.92 Å². The van der Waals surface area contributed by atoms with Crippen molar-refractivity contribution < 1.29 is 25.5 Å². The maximum absolute atomic E-state index is 9.83. The maximum Gasteiger partial charge on any atom is 0.126 e. The summed E-state index contributed by atoms with van der Waals surface area (Å²) in [5.74, 6) is 0. The van der Waals surface area contributed by atoms with Crippen molar-refractivity contribution in [3.05, 3.63) is 29.9 Å². The van der Waals surface area contributed by atoms with Crippen LogP contribution in [0.15, 0.2) is 18.5 Å². The number of hydrogen-bond acceptors (Lipinski definition) is 7. The van der Waals surface area contributed by atoms with Crippen LogP contribution >= 0.6 is 0 Å². The van der Waals surface area contributed by atoms with Gasteiger partial charge in [-0.3, -0.25) is 9.97 Å². The number of aliphatic hydroxyl groups excluding tert-OH is 5. The van der Waals surface area contributed by atoms with Gasteiger partial charge in [-0.2, -0.15) is 0 Å². The third kappa shape index (κ3) is 4.62. The van der Waals surface area contributed by atoms with Crippen molar-refractivity contribution in [3.8, 4) is 0 Å². The smallest absolute Gasteiger partial charge is 0.126 e. The van der Waals surface area contributed by atoms with E-state index in [1.165, 1.54) is 24.5 Å². The van der Waals surface area contributed by atoms with Crippen molar-refractivity contribution >= 4 is 6.08 Å². The third-order valence-electron chi connectivity index (χ3n) is 2.81. The minimum Gasteiger partial charge on any atom is -0.393 e. The molecule has 0 saturated heterocycles. The molecule has 1 aromatic heterocycles. The molecule has 20 heavy (non-hydrogen) atoms. The van der Waals surface area contributed by atoms with E-state index in [9.17, 15) is 15.3 Å². The molecule has 7 nitrogen and oxygen atoms in total. The molecule has 1 unspecified atom stereocenters. The van der Waals surface area contributed by atoms with Crippen LogP contribution in [0.3, 0.4) is 0 Å². The molecular weight excluding hydrogens is 264 g/mol. The average molecular weight is 284 g/mol.